The monoisotopic (exact) mass is 560 g/mol. The van der Waals surface area contributed by atoms with Crippen LogP contribution in [0.4, 0.5) is 0 Å². The Morgan fingerprint density at radius 2 is 1.98 bits per heavy atom. The molecule has 1 aliphatic heterocycles. The number of tetrazole rings is 1. The molecule has 41 heavy (non-hydrogen) atoms. The number of aromatic nitrogens is 5. The number of ether oxygens (including phenoxy) is 3. The summed E-state index contributed by atoms with van der Waals surface area (Å²) < 4.78 is 18.7. The zero-order chi connectivity index (χ0) is 28.9. The largest absolute Gasteiger partial charge is 0.493 e. The number of aromatic amines is 1. The first-order chi connectivity index (χ1) is 19.9. The number of nitrogens with one attached hydrogen (secondary N) is 1. The molecule has 1 N–H and O–H groups in total. The summed E-state index contributed by atoms with van der Waals surface area (Å²) in [5, 5.41) is 13.9. The molecular weight excluding hydrogens is 520 g/mol. The molecule has 0 saturated carbocycles. The molecule has 4 aromatic rings. The number of fused-ring (bicyclic) bond motifs is 1. The van der Waals surface area contributed by atoms with Gasteiger partial charge < -0.3 is 19.2 Å². The van der Waals surface area contributed by atoms with Gasteiger partial charge in [-0.05, 0) is 90.9 Å². The topological polar surface area (TPSA) is 107 Å². The van der Waals surface area contributed by atoms with Crippen molar-refractivity contribution in [1.82, 2.24) is 30.1 Å². The Hall–Kier alpha value is -3.76. The van der Waals surface area contributed by atoms with Crippen LogP contribution in [0.2, 0.25) is 0 Å². The fourth-order valence-corrected chi connectivity index (χ4v) is 5.87. The SMILES string of the molecule is CC[C@H](c1nnnn1C[C@@H]1CCCO1)N(CCc1ccc(OC)c(OC)c1)Cc1cc2c(C)cc(C)cc2[nH]c1=O. The molecule has 0 unspecified atom stereocenters. The first-order valence-corrected chi connectivity index (χ1v) is 14.4. The van der Waals surface area contributed by atoms with Crippen molar-refractivity contribution in [2.45, 2.75) is 71.7 Å². The van der Waals surface area contributed by atoms with Crippen LogP contribution in [0.3, 0.4) is 0 Å². The van der Waals surface area contributed by atoms with Crippen molar-refractivity contribution >= 4 is 10.9 Å². The smallest absolute Gasteiger partial charge is 0.252 e. The minimum atomic E-state index is -0.0965. The summed E-state index contributed by atoms with van der Waals surface area (Å²) >= 11 is 0. The first-order valence-electron chi connectivity index (χ1n) is 14.4. The standard InChI is InChI=1S/C31H40N6O4/c1-6-27(30-33-34-35-37(30)19-24-8-7-13-41-24)36(12-11-22-9-10-28(39-4)29(16-22)40-5)18-23-17-25-21(3)14-20(2)15-26(25)32-31(23)38/h9-10,14-17,24,27H,6-8,11-13,18-19H2,1-5H3,(H,32,38)/t24-,27+/m0/s1. The lowest BCUT2D eigenvalue weighted by Crippen LogP contribution is -2.34. The third-order valence-electron chi connectivity index (χ3n) is 7.98. The molecule has 2 aromatic heterocycles. The molecule has 2 atom stereocenters. The number of benzene rings is 2. The van der Waals surface area contributed by atoms with Crippen molar-refractivity contribution in [3.63, 3.8) is 0 Å². The lowest BCUT2D eigenvalue weighted by atomic mass is 10.0. The van der Waals surface area contributed by atoms with Crippen molar-refractivity contribution in [1.29, 1.82) is 0 Å². The van der Waals surface area contributed by atoms with Gasteiger partial charge in [0, 0.05) is 36.2 Å². The first kappa shape index (κ1) is 28.8. The molecule has 10 heteroatoms. The van der Waals surface area contributed by atoms with Crippen LogP contribution in [0, 0.1) is 13.8 Å². The summed E-state index contributed by atoms with van der Waals surface area (Å²) in [6, 6.07) is 12.1. The predicted molar refractivity (Wildman–Crippen MR) is 158 cm³/mol. The van der Waals surface area contributed by atoms with Crippen molar-refractivity contribution in [3.05, 3.63) is 74.8 Å². The van der Waals surface area contributed by atoms with Crippen LogP contribution >= 0.6 is 0 Å². The van der Waals surface area contributed by atoms with Crippen LogP contribution in [0.15, 0.2) is 41.2 Å². The van der Waals surface area contributed by atoms with Crippen LogP contribution in [-0.4, -0.2) is 63.6 Å². The van der Waals surface area contributed by atoms with Crippen LogP contribution in [0.25, 0.3) is 10.9 Å². The van der Waals surface area contributed by atoms with Gasteiger partial charge in [-0.3, -0.25) is 9.69 Å². The van der Waals surface area contributed by atoms with E-state index in [2.05, 4.69) is 51.4 Å². The summed E-state index contributed by atoms with van der Waals surface area (Å²) in [5.74, 6) is 2.18. The highest BCUT2D eigenvalue weighted by atomic mass is 16.5. The zero-order valence-electron chi connectivity index (χ0n) is 24.6. The number of H-pyrrole nitrogens is 1. The molecule has 1 fully saturated rings. The summed E-state index contributed by atoms with van der Waals surface area (Å²) in [6.45, 7) is 8.80. The van der Waals surface area contributed by atoms with Gasteiger partial charge in [-0.25, -0.2) is 4.68 Å². The maximum atomic E-state index is 13.3. The third-order valence-corrected chi connectivity index (χ3v) is 7.98. The van der Waals surface area contributed by atoms with Gasteiger partial charge in [-0.15, -0.1) is 5.10 Å². The average Bonchev–Trinajstić information content (AvgIpc) is 3.65. The highest BCUT2D eigenvalue weighted by Gasteiger charge is 2.28. The van der Waals surface area contributed by atoms with E-state index in [-0.39, 0.29) is 17.7 Å². The zero-order valence-corrected chi connectivity index (χ0v) is 24.6. The molecular formula is C31H40N6O4. The third kappa shape index (κ3) is 6.44. The van der Waals surface area contributed by atoms with Crippen LogP contribution in [-0.2, 0) is 24.2 Å². The van der Waals surface area contributed by atoms with Gasteiger partial charge in [0.25, 0.3) is 5.56 Å². The summed E-state index contributed by atoms with van der Waals surface area (Å²) in [7, 11) is 3.28. The van der Waals surface area contributed by atoms with Gasteiger partial charge >= 0.3 is 0 Å². The minimum Gasteiger partial charge on any atom is -0.493 e. The van der Waals surface area contributed by atoms with E-state index in [9.17, 15) is 4.79 Å². The van der Waals surface area contributed by atoms with Crippen molar-refractivity contribution in [2.75, 3.05) is 27.4 Å². The Kier molecular flexibility index (Phi) is 8.99. The Labute approximate surface area is 240 Å². The Morgan fingerprint density at radius 1 is 1.15 bits per heavy atom. The number of rotatable bonds is 12. The van der Waals surface area contributed by atoms with E-state index in [1.54, 1.807) is 14.2 Å². The summed E-state index contributed by atoms with van der Waals surface area (Å²) in [5.41, 5.74) is 4.88. The molecule has 0 amide bonds. The van der Waals surface area contributed by atoms with E-state index in [1.165, 1.54) is 0 Å². The summed E-state index contributed by atoms with van der Waals surface area (Å²) in [6.07, 6.45) is 3.70. The van der Waals surface area contributed by atoms with Gasteiger partial charge in [0.1, 0.15) is 0 Å². The lowest BCUT2D eigenvalue weighted by Gasteiger charge is -2.30. The quantitative estimate of drug-likeness (QED) is 0.270. The molecule has 0 aliphatic carbocycles. The normalized spacial score (nSPS) is 16.0. The second kappa shape index (κ2) is 12.8. The Balaban J connectivity index is 1.48. The molecule has 218 valence electrons. The fourth-order valence-electron chi connectivity index (χ4n) is 5.87. The summed E-state index contributed by atoms with van der Waals surface area (Å²) in [4.78, 5) is 18.8. The molecule has 1 aliphatic rings. The van der Waals surface area contributed by atoms with Gasteiger partial charge in [0.15, 0.2) is 17.3 Å². The highest BCUT2D eigenvalue weighted by Crippen LogP contribution is 2.30. The molecule has 0 radical (unpaired) electrons. The molecule has 2 aromatic carbocycles. The van der Waals surface area contributed by atoms with E-state index in [4.69, 9.17) is 14.2 Å². The van der Waals surface area contributed by atoms with Gasteiger partial charge in [0.05, 0.1) is 32.9 Å². The lowest BCUT2D eigenvalue weighted by molar-refractivity contribution is 0.0893. The molecule has 3 heterocycles. The Morgan fingerprint density at radius 3 is 2.71 bits per heavy atom. The average molecular weight is 561 g/mol. The van der Waals surface area contributed by atoms with E-state index in [0.717, 1.165) is 65.7 Å². The highest BCUT2D eigenvalue weighted by molar-refractivity contribution is 5.83. The van der Waals surface area contributed by atoms with E-state index in [1.807, 2.05) is 35.9 Å². The van der Waals surface area contributed by atoms with Gasteiger partial charge in [-0.2, -0.15) is 0 Å². The van der Waals surface area contributed by atoms with Gasteiger partial charge in [-0.1, -0.05) is 19.1 Å². The fraction of sp³-hybridized carbons (Fsp3) is 0.484. The van der Waals surface area contributed by atoms with Crippen LogP contribution in [0.5, 0.6) is 11.5 Å². The van der Waals surface area contributed by atoms with E-state index >= 15 is 0 Å². The second-order valence-electron chi connectivity index (χ2n) is 10.9. The van der Waals surface area contributed by atoms with E-state index in [0.29, 0.717) is 36.7 Å². The molecule has 1 saturated heterocycles. The number of methoxy groups -OCH3 is 2. The minimum absolute atomic E-state index is 0.0765. The maximum absolute atomic E-state index is 13.3. The van der Waals surface area contributed by atoms with Crippen molar-refractivity contribution in [2.24, 2.45) is 0 Å². The maximum Gasteiger partial charge on any atom is 0.252 e. The molecule has 0 bridgehead atoms. The van der Waals surface area contributed by atoms with Crippen molar-refractivity contribution in [3.8, 4) is 11.5 Å². The van der Waals surface area contributed by atoms with E-state index < -0.39 is 0 Å². The number of pyridine rings is 1. The predicted octanol–water partition coefficient (Wildman–Crippen LogP) is 4.52. The Bertz CT molecular complexity index is 1540. The number of hydrogen-bond acceptors (Lipinski definition) is 8. The van der Waals surface area contributed by atoms with Crippen LogP contribution < -0.4 is 15.0 Å². The second-order valence-corrected chi connectivity index (χ2v) is 10.9. The number of aryl methyl sites for hydroxylation is 2. The number of nitrogens with zero attached hydrogens (tertiary/aromatic N) is 5. The van der Waals surface area contributed by atoms with Crippen LogP contribution in [0.1, 0.15) is 60.3 Å². The molecule has 0 spiro atoms. The molecule has 5 rings (SSSR count). The molecule has 10 nitrogen and oxygen atoms in total. The van der Waals surface area contributed by atoms with Gasteiger partial charge in [0.2, 0.25) is 0 Å². The van der Waals surface area contributed by atoms with Crippen molar-refractivity contribution < 1.29 is 14.2 Å². The number of hydrogen-bond donors (Lipinski definition) is 1.